The summed E-state index contributed by atoms with van der Waals surface area (Å²) < 4.78 is 1.91. The van der Waals surface area contributed by atoms with Gasteiger partial charge in [-0.15, -0.1) is 0 Å². The predicted octanol–water partition coefficient (Wildman–Crippen LogP) is 2.95. The molecular formula is C12H7ClN2O. The second-order valence-corrected chi connectivity index (χ2v) is 3.90. The molecule has 0 amide bonds. The summed E-state index contributed by atoms with van der Waals surface area (Å²) in [6.45, 7) is 0. The lowest BCUT2D eigenvalue weighted by atomic mass is 10.2. The van der Waals surface area contributed by atoms with Gasteiger partial charge < -0.3 is 4.40 Å². The van der Waals surface area contributed by atoms with E-state index in [1.807, 2.05) is 22.7 Å². The molecule has 0 radical (unpaired) electrons. The topological polar surface area (TPSA) is 34.4 Å². The fraction of sp³-hybridized carbons (Fsp3) is 0. The van der Waals surface area contributed by atoms with Gasteiger partial charge in [0.05, 0.1) is 27.8 Å². The van der Waals surface area contributed by atoms with Crippen LogP contribution in [0.3, 0.4) is 0 Å². The second kappa shape index (κ2) is 3.32. The largest absolute Gasteiger partial charge is 0.313 e. The van der Waals surface area contributed by atoms with Crippen LogP contribution in [0.15, 0.2) is 36.8 Å². The van der Waals surface area contributed by atoms with E-state index in [4.69, 9.17) is 11.6 Å². The van der Waals surface area contributed by atoms with Crippen LogP contribution in [0.2, 0.25) is 5.02 Å². The van der Waals surface area contributed by atoms with Gasteiger partial charge in [-0.2, -0.15) is 0 Å². The number of carbonyl (C=O) groups is 1. The van der Waals surface area contributed by atoms with E-state index >= 15 is 0 Å². The van der Waals surface area contributed by atoms with Crippen LogP contribution in [-0.2, 0) is 0 Å². The van der Waals surface area contributed by atoms with Crippen LogP contribution in [0, 0.1) is 0 Å². The van der Waals surface area contributed by atoms with Gasteiger partial charge in [0.1, 0.15) is 0 Å². The monoisotopic (exact) mass is 230 g/mol. The summed E-state index contributed by atoms with van der Waals surface area (Å²) in [5.74, 6) is 0. The second-order valence-electron chi connectivity index (χ2n) is 3.50. The summed E-state index contributed by atoms with van der Waals surface area (Å²) in [7, 11) is 0. The Morgan fingerprint density at radius 1 is 1.31 bits per heavy atom. The lowest BCUT2D eigenvalue weighted by molar-refractivity contribution is 0.112. The van der Waals surface area contributed by atoms with E-state index in [2.05, 4.69) is 4.98 Å². The molecule has 3 rings (SSSR count). The standard InChI is InChI=1S/C12H7ClN2O/c13-9-2-1-3-10-12(9)8(7-16)11-6-14-4-5-15(10)11/h1-7H. The normalized spacial score (nSPS) is 11.1. The molecule has 2 aromatic heterocycles. The highest BCUT2D eigenvalue weighted by Gasteiger charge is 2.12. The Bertz CT molecular complexity index is 703. The van der Waals surface area contributed by atoms with Gasteiger partial charge in [0, 0.05) is 17.8 Å². The number of halogens is 1. The Hall–Kier alpha value is -1.87. The van der Waals surface area contributed by atoms with Gasteiger partial charge in [-0.25, -0.2) is 0 Å². The van der Waals surface area contributed by atoms with Crippen molar-refractivity contribution in [3.63, 3.8) is 0 Å². The first-order chi connectivity index (χ1) is 7.83. The molecule has 1 aromatic carbocycles. The molecule has 0 saturated carbocycles. The quantitative estimate of drug-likeness (QED) is 0.603. The minimum Gasteiger partial charge on any atom is -0.313 e. The summed E-state index contributed by atoms with van der Waals surface area (Å²) in [4.78, 5) is 15.2. The molecule has 16 heavy (non-hydrogen) atoms. The Morgan fingerprint density at radius 3 is 3.00 bits per heavy atom. The molecule has 0 saturated heterocycles. The number of carbonyl (C=O) groups excluding carboxylic acids is 1. The smallest absolute Gasteiger partial charge is 0.152 e. The van der Waals surface area contributed by atoms with Crippen molar-refractivity contribution in [2.45, 2.75) is 0 Å². The summed E-state index contributed by atoms with van der Waals surface area (Å²) >= 11 is 6.12. The van der Waals surface area contributed by atoms with Crippen LogP contribution in [0.4, 0.5) is 0 Å². The number of nitrogens with zero attached hydrogens (tertiary/aromatic N) is 2. The first-order valence-corrected chi connectivity index (χ1v) is 5.18. The molecule has 0 atom stereocenters. The molecule has 0 spiro atoms. The third-order valence-electron chi connectivity index (χ3n) is 2.67. The fourth-order valence-corrected chi connectivity index (χ4v) is 2.27. The van der Waals surface area contributed by atoms with E-state index in [1.54, 1.807) is 18.5 Å². The van der Waals surface area contributed by atoms with Gasteiger partial charge >= 0.3 is 0 Å². The van der Waals surface area contributed by atoms with E-state index in [1.165, 1.54) is 0 Å². The van der Waals surface area contributed by atoms with Crippen molar-refractivity contribution >= 4 is 34.3 Å². The SMILES string of the molecule is O=Cc1c2c(Cl)cccc2n2ccncc12. The molecule has 4 heteroatoms. The molecule has 3 nitrogen and oxygen atoms in total. The molecule has 3 aromatic rings. The van der Waals surface area contributed by atoms with Crippen LogP contribution in [0.25, 0.3) is 16.4 Å². The van der Waals surface area contributed by atoms with Crippen LogP contribution >= 0.6 is 11.6 Å². The predicted molar refractivity (Wildman–Crippen MR) is 63.1 cm³/mol. The van der Waals surface area contributed by atoms with Gasteiger partial charge in [-0.3, -0.25) is 9.78 Å². The molecule has 2 heterocycles. The van der Waals surface area contributed by atoms with Crippen LogP contribution in [0.5, 0.6) is 0 Å². The number of hydrogen-bond acceptors (Lipinski definition) is 2. The highest BCUT2D eigenvalue weighted by molar-refractivity contribution is 6.37. The molecular weight excluding hydrogens is 224 g/mol. The van der Waals surface area contributed by atoms with E-state index in [0.717, 1.165) is 22.7 Å². The minimum absolute atomic E-state index is 0.586. The highest BCUT2D eigenvalue weighted by Crippen LogP contribution is 2.30. The molecule has 0 aliphatic rings. The molecule has 0 bridgehead atoms. The lowest BCUT2D eigenvalue weighted by Gasteiger charge is -1.95. The fourth-order valence-electron chi connectivity index (χ4n) is 2.00. The van der Waals surface area contributed by atoms with Crippen molar-refractivity contribution in [1.29, 1.82) is 0 Å². The number of fused-ring (bicyclic) bond motifs is 3. The van der Waals surface area contributed by atoms with Gasteiger partial charge in [-0.05, 0) is 12.1 Å². The third kappa shape index (κ3) is 1.09. The Morgan fingerprint density at radius 2 is 2.19 bits per heavy atom. The molecule has 0 aliphatic heterocycles. The maximum Gasteiger partial charge on any atom is 0.152 e. The minimum atomic E-state index is 0.586. The maximum absolute atomic E-state index is 11.1. The van der Waals surface area contributed by atoms with Gasteiger partial charge in [0.25, 0.3) is 0 Å². The summed E-state index contributed by atoms with van der Waals surface area (Å²) in [6.07, 6.45) is 5.99. The van der Waals surface area contributed by atoms with Crippen molar-refractivity contribution in [2.75, 3.05) is 0 Å². The zero-order valence-corrected chi connectivity index (χ0v) is 8.98. The maximum atomic E-state index is 11.1. The van der Waals surface area contributed by atoms with Crippen molar-refractivity contribution in [3.8, 4) is 0 Å². The molecule has 0 aliphatic carbocycles. The molecule has 0 fully saturated rings. The van der Waals surface area contributed by atoms with Crippen LogP contribution in [-0.4, -0.2) is 15.7 Å². The first-order valence-electron chi connectivity index (χ1n) is 4.80. The van der Waals surface area contributed by atoms with Gasteiger partial charge in [0.15, 0.2) is 6.29 Å². The third-order valence-corrected chi connectivity index (χ3v) is 2.99. The number of rotatable bonds is 1. The van der Waals surface area contributed by atoms with Gasteiger partial charge in [-0.1, -0.05) is 17.7 Å². The van der Waals surface area contributed by atoms with Crippen molar-refractivity contribution in [1.82, 2.24) is 9.38 Å². The summed E-state index contributed by atoms with van der Waals surface area (Å²) in [6, 6.07) is 5.58. The number of benzene rings is 1. The average Bonchev–Trinajstić information content (AvgIpc) is 2.65. The van der Waals surface area contributed by atoms with E-state index in [0.29, 0.717) is 10.6 Å². The van der Waals surface area contributed by atoms with Crippen molar-refractivity contribution < 1.29 is 4.79 Å². The first kappa shape index (κ1) is 9.36. The van der Waals surface area contributed by atoms with Crippen molar-refractivity contribution in [2.24, 2.45) is 0 Å². The van der Waals surface area contributed by atoms with E-state index in [-0.39, 0.29) is 0 Å². The molecule has 78 valence electrons. The zero-order valence-electron chi connectivity index (χ0n) is 8.22. The zero-order chi connectivity index (χ0) is 11.1. The van der Waals surface area contributed by atoms with Crippen LogP contribution in [0.1, 0.15) is 10.4 Å². The van der Waals surface area contributed by atoms with Crippen LogP contribution < -0.4 is 0 Å². The Kier molecular flexibility index (Phi) is 1.94. The van der Waals surface area contributed by atoms with Gasteiger partial charge in [0.2, 0.25) is 0 Å². The Labute approximate surface area is 96.3 Å². The molecule has 0 N–H and O–H groups in total. The summed E-state index contributed by atoms with van der Waals surface area (Å²) in [5, 5.41) is 1.37. The number of hydrogen-bond donors (Lipinski definition) is 0. The van der Waals surface area contributed by atoms with E-state index in [9.17, 15) is 4.79 Å². The Balaban J connectivity index is 2.70. The van der Waals surface area contributed by atoms with E-state index < -0.39 is 0 Å². The number of aromatic nitrogens is 2. The lowest BCUT2D eigenvalue weighted by Crippen LogP contribution is -1.84. The summed E-state index contributed by atoms with van der Waals surface area (Å²) in [5.41, 5.74) is 2.29. The number of aldehydes is 1. The molecule has 0 unspecified atom stereocenters. The van der Waals surface area contributed by atoms with Crippen molar-refractivity contribution in [3.05, 3.63) is 47.4 Å². The average molecular weight is 231 g/mol. The highest BCUT2D eigenvalue weighted by atomic mass is 35.5.